The van der Waals surface area contributed by atoms with E-state index in [-0.39, 0.29) is 0 Å². The van der Waals surface area contributed by atoms with E-state index in [9.17, 15) is 4.79 Å². The van der Waals surface area contributed by atoms with Gasteiger partial charge in [-0.15, -0.1) is 0 Å². The second-order valence-corrected chi connectivity index (χ2v) is 3.06. The minimum atomic E-state index is -0.924. The molecule has 5 heteroatoms. The van der Waals surface area contributed by atoms with Gasteiger partial charge in [-0.05, 0) is 20.8 Å². The van der Waals surface area contributed by atoms with Crippen molar-refractivity contribution >= 4 is 11.7 Å². The fourth-order valence-electron chi connectivity index (χ4n) is 0.435. The van der Waals surface area contributed by atoms with Crippen LogP contribution in [0.1, 0.15) is 20.8 Å². The average molecular weight is 170 g/mol. The van der Waals surface area contributed by atoms with Gasteiger partial charge in [0.05, 0.1) is 0 Å². The molecule has 0 spiro atoms. The summed E-state index contributed by atoms with van der Waals surface area (Å²) in [6, 6.07) is 1.40. The van der Waals surface area contributed by atoms with Crippen LogP contribution in [0, 0.1) is 11.3 Å². The Morgan fingerprint density at radius 2 is 2.08 bits per heavy atom. The molecule has 66 valence electrons. The van der Waals surface area contributed by atoms with Crippen LogP contribution in [-0.4, -0.2) is 22.5 Å². The Bertz CT molecular complexity index is 244. The number of hydrogen-bond acceptors (Lipinski definition) is 5. The highest BCUT2D eigenvalue weighted by Gasteiger charge is 2.21. The number of ether oxygens (including phenoxy) is 1. The highest BCUT2D eigenvalue weighted by Crippen LogP contribution is 2.07. The highest BCUT2D eigenvalue weighted by molar-refractivity contribution is 6.42. The van der Waals surface area contributed by atoms with Crippen LogP contribution in [0.4, 0.5) is 0 Å². The molecule has 0 aliphatic rings. The number of oxime groups is 1. The summed E-state index contributed by atoms with van der Waals surface area (Å²) >= 11 is 0. The summed E-state index contributed by atoms with van der Waals surface area (Å²) in [7, 11) is 0. The molecule has 0 saturated heterocycles. The van der Waals surface area contributed by atoms with Gasteiger partial charge in [-0.25, -0.2) is 4.79 Å². The van der Waals surface area contributed by atoms with Gasteiger partial charge >= 0.3 is 5.97 Å². The standard InChI is InChI=1S/C7H10N2O3/c1-7(2,3)12-6(10)5(4-8)9-11/h11H,1-3H3/b9-5-. The zero-order valence-electron chi connectivity index (χ0n) is 7.16. The number of nitriles is 1. The first-order chi connectivity index (χ1) is 5.40. The molecule has 0 saturated carbocycles. The lowest BCUT2D eigenvalue weighted by Crippen LogP contribution is -2.28. The van der Waals surface area contributed by atoms with E-state index in [1.807, 2.05) is 0 Å². The number of nitrogens with zero attached hydrogens (tertiary/aromatic N) is 2. The normalized spacial score (nSPS) is 12.0. The van der Waals surface area contributed by atoms with Crippen molar-refractivity contribution in [3.8, 4) is 6.07 Å². The average Bonchev–Trinajstić information content (AvgIpc) is 1.85. The van der Waals surface area contributed by atoms with Crippen molar-refractivity contribution in [2.45, 2.75) is 26.4 Å². The Balaban J connectivity index is 4.36. The maximum atomic E-state index is 10.9. The maximum absolute atomic E-state index is 10.9. The smallest absolute Gasteiger partial charge is 0.371 e. The third-order valence-electron chi connectivity index (χ3n) is 0.798. The van der Waals surface area contributed by atoms with E-state index in [4.69, 9.17) is 15.2 Å². The topological polar surface area (TPSA) is 82.7 Å². The molecule has 0 amide bonds. The van der Waals surface area contributed by atoms with Crippen LogP contribution in [0.5, 0.6) is 0 Å². The van der Waals surface area contributed by atoms with Crippen LogP contribution in [0.3, 0.4) is 0 Å². The van der Waals surface area contributed by atoms with Gasteiger partial charge in [0.15, 0.2) is 0 Å². The fourth-order valence-corrected chi connectivity index (χ4v) is 0.435. The first kappa shape index (κ1) is 10.4. The summed E-state index contributed by atoms with van der Waals surface area (Å²) in [6.45, 7) is 4.95. The van der Waals surface area contributed by atoms with E-state index >= 15 is 0 Å². The van der Waals surface area contributed by atoms with Crippen LogP contribution in [0.25, 0.3) is 0 Å². The summed E-state index contributed by atoms with van der Waals surface area (Å²) in [5.74, 6) is -0.924. The molecule has 0 aromatic carbocycles. The lowest BCUT2D eigenvalue weighted by Gasteiger charge is -2.18. The van der Waals surface area contributed by atoms with Crippen molar-refractivity contribution in [1.29, 1.82) is 5.26 Å². The minimum absolute atomic E-state index is 0.648. The van der Waals surface area contributed by atoms with Crippen molar-refractivity contribution in [3.63, 3.8) is 0 Å². The second-order valence-electron chi connectivity index (χ2n) is 3.06. The first-order valence-corrected chi connectivity index (χ1v) is 3.26. The predicted molar refractivity (Wildman–Crippen MR) is 40.7 cm³/mol. The third kappa shape index (κ3) is 3.56. The Kier molecular flexibility index (Phi) is 3.23. The van der Waals surface area contributed by atoms with E-state index in [0.29, 0.717) is 0 Å². The van der Waals surface area contributed by atoms with Crippen LogP contribution < -0.4 is 0 Å². The zero-order chi connectivity index (χ0) is 9.78. The summed E-state index contributed by atoms with van der Waals surface area (Å²) in [5.41, 5.74) is -1.34. The molecule has 0 aromatic heterocycles. The maximum Gasteiger partial charge on any atom is 0.371 e. The number of carbonyl (C=O) groups excluding carboxylic acids is 1. The van der Waals surface area contributed by atoms with Gasteiger partial charge in [0, 0.05) is 0 Å². The van der Waals surface area contributed by atoms with Gasteiger partial charge in [0.2, 0.25) is 0 Å². The third-order valence-corrected chi connectivity index (χ3v) is 0.798. The van der Waals surface area contributed by atoms with E-state index in [1.54, 1.807) is 20.8 Å². The molecule has 0 radical (unpaired) electrons. The van der Waals surface area contributed by atoms with Crippen molar-refractivity contribution in [2.75, 3.05) is 0 Å². The molecule has 0 atom stereocenters. The van der Waals surface area contributed by atoms with E-state index in [2.05, 4.69) is 5.16 Å². The zero-order valence-corrected chi connectivity index (χ0v) is 7.16. The van der Waals surface area contributed by atoms with Gasteiger partial charge in [0.1, 0.15) is 11.7 Å². The minimum Gasteiger partial charge on any atom is -0.455 e. The van der Waals surface area contributed by atoms with Crippen molar-refractivity contribution in [3.05, 3.63) is 0 Å². The molecule has 0 unspecified atom stereocenters. The largest absolute Gasteiger partial charge is 0.455 e. The monoisotopic (exact) mass is 170 g/mol. The predicted octanol–water partition coefficient (Wildman–Crippen LogP) is 0.682. The van der Waals surface area contributed by atoms with Crippen molar-refractivity contribution in [2.24, 2.45) is 5.16 Å². The van der Waals surface area contributed by atoms with E-state index < -0.39 is 17.3 Å². The molecule has 12 heavy (non-hydrogen) atoms. The molecule has 0 aliphatic carbocycles. The van der Waals surface area contributed by atoms with Gasteiger partial charge in [0.25, 0.3) is 5.71 Å². The Labute approximate surface area is 70.2 Å². The number of hydrogen-bond donors (Lipinski definition) is 1. The van der Waals surface area contributed by atoms with E-state index in [0.717, 1.165) is 0 Å². The van der Waals surface area contributed by atoms with Gasteiger partial charge in [-0.1, -0.05) is 5.16 Å². The van der Waals surface area contributed by atoms with Crippen molar-refractivity contribution in [1.82, 2.24) is 0 Å². The lowest BCUT2D eigenvalue weighted by molar-refractivity contribution is -0.146. The fraction of sp³-hybridized carbons (Fsp3) is 0.571. The Morgan fingerprint density at radius 3 is 2.33 bits per heavy atom. The van der Waals surface area contributed by atoms with Crippen LogP contribution in [-0.2, 0) is 9.53 Å². The van der Waals surface area contributed by atoms with Crippen molar-refractivity contribution < 1.29 is 14.7 Å². The summed E-state index contributed by atoms with van der Waals surface area (Å²) < 4.78 is 4.73. The Hall–Kier alpha value is -1.57. The lowest BCUT2D eigenvalue weighted by atomic mass is 10.2. The molecule has 0 heterocycles. The van der Waals surface area contributed by atoms with Gasteiger partial charge in [-0.3, -0.25) is 0 Å². The van der Waals surface area contributed by atoms with Crippen LogP contribution in [0.2, 0.25) is 0 Å². The van der Waals surface area contributed by atoms with E-state index in [1.165, 1.54) is 6.07 Å². The van der Waals surface area contributed by atoms with Crippen LogP contribution >= 0.6 is 0 Å². The summed E-state index contributed by atoms with van der Waals surface area (Å²) in [4.78, 5) is 10.9. The molecule has 5 nitrogen and oxygen atoms in total. The molecule has 0 aromatic rings. The molecule has 0 aliphatic heterocycles. The summed E-state index contributed by atoms with van der Waals surface area (Å²) in [6.07, 6.45) is 0. The molecule has 1 N–H and O–H groups in total. The SMILES string of the molecule is CC(C)(C)OC(=O)/C(C#N)=N\O. The molecular weight excluding hydrogens is 160 g/mol. The first-order valence-electron chi connectivity index (χ1n) is 3.26. The molecule has 0 bridgehead atoms. The number of rotatable bonds is 1. The molecular formula is C7H10N2O3. The number of carbonyl (C=O) groups is 1. The summed E-state index contributed by atoms with van der Waals surface area (Å²) in [5, 5.41) is 18.9. The second kappa shape index (κ2) is 3.72. The molecule has 0 fully saturated rings. The molecule has 0 rings (SSSR count). The highest BCUT2D eigenvalue weighted by atomic mass is 16.6. The quantitative estimate of drug-likeness (QED) is 0.271. The Morgan fingerprint density at radius 1 is 1.58 bits per heavy atom. The van der Waals surface area contributed by atoms with Gasteiger partial charge in [-0.2, -0.15) is 5.26 Å². The van der Waals surface area contributed by atoms with Crippen LogP contribution in [0.15, 0.2) is 5.16 Å². The number of esters is 1. The van der Waals surface area contributed by atoms with Gasteiger partial charge < -0.3 is 9.94 Å².